The first kappa shape index (κ1) is 23.7. The first-order chi connectivity index (χ1) is 15.3. The summed E-state index contributed by atoms with van der Waals surface area (Å²) < 4.78 is 5.50. The number of allylic oxidation sites excluding steroid dienone is 4. The van der Waals surface area contributed by atoms with Crippen molar-refractivity contribution in [3.63, 3.8) is 0 Å². The van der Waals surface area contributed by atoms with E-state index in [1.54, 1.807) is 12.7 Å². The van der Waals surface area contributed by atoms with Crippen molar-refractivity contribution in [2.45, 2.75) is 106 Å². The van der Waals surface area contributed by atoms with Gasteiger partial charge in [-0.2, -0.15) is 0 Å². The Kier molecular flexibility index (Phi) is 5.03. The molecule has 0 N–H and O–H groups in total. The lowest BCUT2D eigenvalue weighted by Gasteiger charge is -2.70. The molecule has 0 heterocycles. The van der Waals surface area contributed by atoms with E-state index in [2.05, 4.69) is 66.7 Å². The van der Waals surface area contributed by atoms with E-state index in [0.717, 1.165) is 38.0 Å². The van der Waals surface area contributed by atoms with Gasteiger partial charge in [-0.1, -0.05) is 72.3 Å². The minimum absolute atomic E-state index is 0.0630. The lowest BCUT2D eigenvalue weighted by molar-refractivity contribution is -0.180. The zero-order valence-electron chi connectivity index (χ0n) is 22.6. The molecule has 2 nitrogen and oxygen atoms in total. The second kappa shape index (κ2) is 7.01. The van der Waals surface area contributed by atoms with Gasteiger partial charge in [-0.3, -0.25) is 4.79 Å². The normalized spacial score (nSPS) is 49.6. The second-order valence-corrected chi connectivity index (χ2v) is 14.8. The van der Waals surface area contributed by atoms with Crippen LogP contribution in [-0.4, -0.2) is 13.1 Å². The lowest BCUT2D eigenvalue weighted by Crippen LogP contribution is -2.63. The van der Waals surface area contributed by atoms with Crippen molar-refractivity contribution >= 4 is 5.97 Å². The zero-order chi connectivity index (χ0) is 24.1. The largest absolute Gasteiger partial charge is 0.469 e. The molecule has 0 saturated heterocycles. The average Bonchev–Trinajstić information content (AvgIpc) is 2.72. The Hall–Kier alpha value is -1.05. The van der Waals surface area contributed by atoms with E-state index < -0.39 is 0 Å². The van der Waals surface area contributed by atoms with Crippen LogP contribution in [0.1, 0.15) is 106 Å². The lowest BCUT2D eigenvalue weighted by atomic mass is 9.34. The molecule has 0 unspecified atom stereocenters. The number of esters is 1. The number of carbonyl (C=O) groups is 1. The van der Waals surface area contributed by atoms with Gasteiger partial charge in [-0.25, -0.2) is 0 Å². The van der Waals surface area contributed by atoms with Crippen LogP contribution in [0.5, 0.6) is 0 Å². The number of methoxy groups -OCH3 is 1. The van der Waals surface area contributed by atoms with Gasteiger partial charge in [0.2, 0.25) is 0 Å². The molecular weight excluding hydrogens is 404 g/mol. The van der Waals surface area contributed by atoms with E-state index >= 15 is 0 Å². The highest BCUT2D eigenvalue weighted by Crippen LogP contribution is 2.75. The van der Waals surface area contributed by atoms with Crippen molar-refractivity contribution in [3.05, 3.63) is 23.8 Å². The SMILES string of the molecule is COC(=O)[C@]12CCC(C)(C)C[C@H]1C1=CC[C@@H]3[C@@]4(C)CC=CC(C)(C)[C@H]4CC[C@@]3(C)[C@]1(C)CC2. The van der Waals surface area contributed by atoms with Crippen molar-refractivity contribution in [1.82, 2.24) is 0 Å². The Balaban J connectivity index is 1.61. The summed E-state index contributed by atoms with van der Waals surface area (Å²) in [5, 5.41) is 0. The summed E-state index contributed by atoms with van der Waals surface area (Å²) in [5.41, 5.74) is 2.77. The maximum atomic E-state index is 13.3. The van der Waals surface area contributed by atoms with Gasteiger partial charge in [-0.05, 0) is 103 Å². The van der Waals surface area contributed by atoms with Crippen molar-refractivity contribution in [1.29, 1.82) is 0 Å². The van der Waals surface area contributed by atoms with E-state index in [9.17, 15) is 4.79 Å². The van der Waals surface area contributed by atoms with E-state index in [4.69, 9.17) is 4.74 Å². The number of ether oxygens (including phenoxy) is 1. The summed E-state index contributed by atoms with van der Waals surface area (Å²) in [5.74, 6) is 1.88. The number of hydrogen-bond donors (Lipinski definition) is 0. The van der Waals surface area contributed by atoms with E-state index in [0.29, 0.717) is 33.5 Å². The quantitative estimate of drug-likeness (QED) is 0.296. The molecule has 5 aliphatic rings. The van der Waals surface area contributed by atoms with Gasteiger partial charge in [0.1, 0.15) is 0 Å². The number of carbonyl (C=O) groups excluding carboxylic acids is 1. The zero-order valence-corrected chi connectivity index (χ0v) is 22.6. The molecule has 5 rings (SSSR count). The van der Waals surface area contributed by atoms with Crippen LogP contribution in [0.15, 0.2) is 23.8 Å². The molecule has 3 saturated carbocycles. The van der Waals surface area contributed by atoms with Gasteiger partial charge in [0.15, 0.2) is 0 Å². The molecule has 0 aromatic carbocycles. The Morgan fingerprint density at radius 1 is 0.939 bits per heavy atom. The van der Waals surface area contributed by atoms with Gasteiger partial charge in [0, 0.05) is 0 Å². The summed E-state index contributed by atoms with van der Waals surface area (Å²) in [7, 11) is 1.61. The fraction of sp³-hybridized carbons (Fsp3) is 0.839. The van der Waals surface area contributed by atoms with Gasteiger partial charge in [-0.15, -0.1) is 0 Å². The number of rotatable bonds is 1. The predicted octanol–water partition coefficient (Wildman–Crippen LogP) is 8.13. The van der Waals surface area contributed by atoms with Crippen LogP contribution in [0.2, 0.25) is 0 Å². The summed E-state index contributed by atoms with van der Waals surface area (Å²) >= 11 is 0. The van der Waals surface area contributed by atoms with Crippen LogP contribution >= 0.6 is 0 Å². The van der Waals surface area contributed by atoms with E-state index in [1.165, 1.54) is 25.7 Å². The summed E-state index contributed by atoms with van der Waals surface area (Å²) in [4.78, 5) is 13.3. The highest BCUT2D eigenvalue weighted by Gasteiger charge is 2.68. The monoisotopic (exact) mass is 452 g/mol. The first-order valence-corrected chi connectivity index (χ1v) is 13.7. The number of fused-ring (bicyclic) bond motifs is 7. The van der Waals surface area contributed by atoms with Gasteiger partial charge in [0.25, 0.3) is 0 Å². The predicted molar refractivity (Wildman–Crippen MR) is 136 cm³/mol. The average molecular weight is 453 g/mol. The topological polar surface area (TPSA) is 26.3 Å². The van der Waals surface area contributed by atoms with E-state index in [-0.39, 0.29) is 16.8 Å². The first-order valence-electron chi connectivity index (χ1n) is 13.7. The highest BCUT2D eigenvalue weighted by molar-refractivity contribution is 5.78. The third kappa shape index (κ3) is 2.94. The molecule has 0 amide bonds. The van der Waals surface area contributed by atoms with Crippen LogP contribution in [-0.2, 0) is 9.53 Å². The molecule has 0 aliphatic heterocycles. The molecule has 7 atom stereocenters. The Morgan fingerprint density at radius 2 is 1.64 bits per heavy atom. The maximum Gasteiger partial charge on any atom is 0.312 e. The molecule has 33 heavy (non-hydrogen) atoms. The molecule has 5 aliphatic carbocycles. The summed E-state index contributed by atoms with van der Waals surface area (Å²) in [6, 6.07) is 0. The fourth-order valence-electron chi connectivity index (χ4n) is 10.4. The minimum atomic E-state index is -0.296. The minimum Gasteiger partial charge on any atom is -0.469 e. The second-order valence-electron chi connectivity index (χ2n) is 14.8. The third-order valence-electron chi connectivity index (χ3n) is 12.5. The number of hydrogen-bond acceptors (Lipinski definition) is 2. The van der Waals surface area contributed by atoms with Gasteiger partial charge >= 0.3 is 5.97 Å². The van der Waals surface area contributed by atoms with Crippen LogP contribution in [0.3, 0.4) is 0 Å². The van der Waals surface area contributed by atoms with Gasteiger partial charge in [0.05, 0.1) is 12.5 Å². The molecule has 0 aromatic rings. The third-order valence-corrected chi connectivity index (χ3v) is 12.5. The van der Waals surface area contributed by atoms with Crippen molar-refractivity contribution in [2.75, 3.05) is 7.11 Å². The summed E-state index contributed by atoms with van der Waals surface area (Å²) in [6.45, 7) is 17.6. The van der Waals surface area contributed by atoms with Crippen molar-refractivity contribution in [3.8, 4) is 0 Å². The Bertz CT molecular complexity index is 908. The maximum absolute atomic E-state index is 13.3. The van der Waals surface area contributed by atoms with Crippen LogP contribution in [0.4, 0.5) is 0 Å². The standard InChI is InChI=1S/C31H48O2/c1-26(2)16-18-31(25(32)33-8)19-17-29(6)21(22(31)20-26)10-11-24-28(5)14-9-13-27(3,4)23(28)12-15-30(24,29)7/h9-10,13,22-24H,11-12,14-20H2,1-8H3/t22-,23+,24+,28-,29+,30+,31-/m0/s1. The smallest absolute Gasteiger partial charge is 0.312 e. The highest BCUT2D eigenvalue weighted by atomic mass is 16.5. The van der Waals surface area contributed by atoms with Crippen molar-refractivity contribution in [2.24, 2.45) is 50.2 Å². The molecule has 0 spiro atoms. The van der Waals surface area contributed by atoms with Crippen LogP contribution in [0, 0.1) is 50.2 Å². The molecule has 184 valence electrons. The van der Waals surface area contributed by atoms with Crippen LogP contribution in [0.25, 0.3) is 0 Å². The van der Waals surface area contributed by atoms with Gasteiger partial charge < -0.3 is 4.74 Å². The molecule has 2 heteroatoms. The van der Waals surface area contributed by atoms with Crippen LogP contribution < -0.4 is 0 Å². The Morgan fingerprint density at radius 3 is 2.33 bits per heavy atom. The fourth-order valence-corrected chi connectivity index (χ4v) is 10.4. The molecular formula is C31H48O2. The molecule has 0 bridgehead atoms. The molecule has 0 radical (unpaired) electrons. The van der Waals surface area contributed by atoms with Crippen molar-refractivity contribution < 1.29 is 9.53 Å². The van der Waals surface area contributed by atoms with E-state index in [1.807, 2.05) is 0 Å². The summed E-state index contributed by atoms with van der Waals surface area (Å²) in [6.07, 6.45) is 18.1. The Labute approximate surface area is 203 Å². The molecule has 0 aromatic heterocycles. The molecule has 3 fully saturated rings.